The van der Waals surface area contributed by atoms with Crippen molar-refractivity contribution in [2.75, 3.05) is 0 Å². The van der Waals surface area contributed by atoms with Gasteiger partial charge in [-0.25, -0.2) is 0 Å². The number of pyridine rings is 3. The van der Waals surface area contributed by atoms with Crippen molar-refractivity contribution in [3.63, 3.8) is 0 Å². The van der Waals surface area contributed by atoms with Gasteiger partial charge in [0.1, 0.15) is 5.57 Å². The van der Waals surface area contributed by atoms with Gasteiger partial charge < -0.3 is 0 Å². The largest absolute Gasteiger partial charge is 0.245 e. The monoisotopic (exact) mass is 900 g/mol. The van der Waals surface area contributed by atoms with Crippen molar-refractivity contribution >= 4 is 28.0 Å². The van der Waals surface area contributed by atoms with Crippen LogP contribution in [0.5, 0.6) is 0 Å². The van der Waals surface area contributed by atoms with Crippen LogP contribution in [0.3, 0.4) is 0 Å². The normalized spacial score (nSPS) is 20.4. The molecule has 0 N–H and O–H groups in total. The van der Waals surface area contributed by atoms with E-state index in [-0.39, 0.29) is 12.0 Å². The third-order valence-corrected chi connectivity index (χ3v) is 16.9. The minimum Gasteiger partial charge on any atom is -0.190 e. The number of allylic oxidation sites excluding steroid dienone is 7. The first-order valence-electron chi connectivity index (χ1n) is 25.0. The van der Waals surface area contributed by atoms with Crippen molar-refractivity contribution in [2.24, 2.45) is 0 Å². The number of aromatic nitrogens is 3. The summed E-state index contributed by atoms with van der Waals surface area (Å²) in [6, 6.07) is 81.1. The Morgan fingerprint density at radius 2 is 0.972 bits per heavy atom. The highest BCUT2D eigenvalue weighted by atomic mass is 15.1. The first-order chi connectivity index (χ1) is 35.2. The van der Waals surface area contributed by atoms with Crippen molar-refractivity contribution < 1.29 is 13.7 Å². The molecule has 0 saturated heterocycles. The summed E-state index contributed by atoms with van der Waals surface area (Å²) < 4.78 is 7.89. The molecule has 6 heterocycles. The number of rotatable bonds is 1. The Kier molecular flexibility index (Phi) is 7.25. The number of hydrogen-bond acceptors (Lipinski definition) is 0. The molecule has 0 radical (unpaired) electrons. The van der Waals surface area contributed by atoms with Crippen LogP contribution in [0.25, 0.3) is 106 Å². The van der Waals surface area contributed by atoms with Crippen LogP contribution >= 0.6 is 0 Å². The summed E-state index contributed by atoms with van der Waals surface area (Å²) in [4.78, 5) is 0. The predicted octanol–water partition coefficient (Wildman–Crippen LogP) is 14.2. The lowest BCUT2D eigenvalue weighted by Gasteiger charge is -2.39. The zero-order chi connectivity index (χ0) is 46.1. The Hall–Kier alpha value is -9.05. The molecule has 3 atom stereocenters. The summed E-state index contributed by atoms with van der Waals surface area (Å²) in [6.07, 6.45) is 12.8. The minimum absolute atomic E-state index is 0.0649. The second-order valence-electron chi connectivity index (χ2n) is 20.1. The van der Waals surface area contributed by atoms with E-state index in [1.165, 1.54) is 134 Å². The van der Waals surface area contributed by atoms with Crippen LogP contribution in [-0.4, -0.2) is 0 Å². The van der Waals surface area contributed by atoms with Crippen LogP contribution in [0, 0.1) is 0 Å². The van der Waals surface area contributed by atoms with Crippen molar-refractivity contribution in [3.8, 4) is 78.4 Å². The van der Waals surface area contributed by atoms with Gasteiger partial charge in [-0.1, -0.05) is 115 Å². The van der Waals surface area contributed by atoms with E-state index < -0.39 is 5.54 Å². The fourth-order valence-corrected chi connectivity index (χ4v) is 14.0. The molecule has 0 amide bonds. The summed E-state index contributed by atoms with van der Waals surface area (Å²) in [5, 5.41) is 0. The first-order valence-corrected chi connectivity index (χ1v) is 25.0. The number of hydrogen-bond donors (Lipinski definition) is 0. The van der Waals surface area contributed by atoms with E-state index in [2.05, 4.69) is 257 Å². The van der Waals surface area contributed by atoms with E-state index in [4.69, 9.17) is 0 Å². The van der Waals surface area contributed by atoms with Crippen molar-refractivity contribution in [3.05, 3.63) is 276 Å². The number of benzene rings is 7. The number of fused-ring (bicyclic) bond motifs is 20. The van der Waals surface area contributed by atoms with Gasteiger partial charge in [0.25, 0.3) is 0 Å². The van der Waals surface area contributed by atoms with E-state index in [9.17, 15) is 0 Å². The van der Waals surface area contributed by atoms with Crippen LogP contribution < -0.4 is 13.7 Å². The Labute approximate surface area is 411 Å². The molecular weight excluding hydrogens is 859 g/mol. The molecule has 17 rings (SSSR count). The lowest BCUT2D eigenvalue weighted by molar-refractivity contribution is -0.714. The fraction of sp³-hybridized carbons (Fsp3) is 0.0441. The first kappa shape index (κ1) is 37.9. The van der Waals surface area contributed by atoms with Gasteiger partial charge in [0.05, 0.1) is 28.2 Å². The maximum Gasteiger partial charge on any atom is 0.245 e. The molecule has 3 nitrogen and oxygen atoms in total. The van der Waals surface area contributed by atoms with E-state index in [0.717, 1.165) is 5.69 Å². The van der Waals surface area contributed by atoms with Crippen LogP contribution in [-0.2, 0) is 5.54 Å². The van der Waals surface area contributed by atoms with E-state index in [1.807, 2.05) is 0 Å². The molecule has 71 heavy (non-hydrogen) atoms. The lowest BCUT2D eigenvalue weighted by Crippen LogP contribution is -2.60. The highest BCUT2D eigenvalue weighted by Gasteiger charge is 2.60. The molecule has 3 heteroatoms. The van der Waals surface area contributed by atoms with Gasteiger partial charge in [-0.05, 0) is 134 Å². The zero-order valence-corrected chi connectivity index (χ0v) is 38.6. The van der Waals surface area contributed by atoms with Gasteiger partial charge in [0.2, 0.25) is 34.0 Å². The summed E-state index contributed by atoms with van der Waals surface area (Å²) in [7, 11) is 0. The van der Waals surface area contributed by atoms with Gasteiger partial charge in [0.15, 0.2) is 18.4 Å². The Bertz CT molecular complexity index is 4240. The lowest BCUT2D eigenvalue weighted by atomic mass is 9.66. The highest BCUT2D eigenvalue weighted by Crippen LogP contribution is 2.61. The van der Waals surface area contributed by atoms with E-state index >= 15 is 0 Å². The minimum atomic E-state index is -0.931. The van der Waals surface area contributed by atoms with E-state index in [0.29, 0.717) is 0 Å². The standard InChI is InChI=1S/C68H42N3/c1-2-15-41(16-3-1)61-25-14-26-64-54-32-29-44-37-58(54)67(71(61)64)65-56-36-43-28-31-53(56)63-24-11-13-34-70(63)68(65)40-45(49-20-5-4-17-46(43)49)38-57(50-21-8-6-18-47(44)50)66-59-39-60(68)51-22-9-7-19-48(51)42-27-30-52(55(59)35-42)62-23-10-12-33-69(62)66/h1-40,59,66H/q+3/b45-40+,57-38?,60-39-,67-65?. The molecule has 7 aliphatic rings. The molecule has 3 aliphatic heterocycles. The third kappa shape index (κ3) is 4.81. The highest BCUT2D eigenvalue weighted by molar-refractivity contribution is 6.11. The summed E-state index contributed by atoms with van der Waals surface area (Å²) >= 11 is 0. The molecule has 0 saturated carbocycles. The number of nitrogens with zero attached hydrogens (tertiary/aromatic N) is 3. The molecule has 0 fully saturated rings. The Morgan fingerprint density at radius 1 is 0.380 bits per heavy atom. The van der Waals surface area contributed by atoms with Gasteiger partial charge in [-0.3, -0.25) is 0 Å². The molecule has 3 unspecified atom stereocenters. The molecule has 12 bridgehead atoms. The molecule has 4 aliphatic carbocycles. The van der Waals surface area contributed by atoms with Crippen LogP contribution in [0.2, 0.25) is 0 Å². The quantitative estimate of drug-likeness (QED) is 0.146. The van der Waals surface area contributed by atoms with E-state index in [1.54, 1.807) is 0 Å². The van der Waals surface area contributed by atoms with Gasteiger partial charge in [-0.2, -0.15) is 13.7 Å². The smallest absolute Gasteiger partial charge is 0.190 e. The van der Waals surface area contributed by atoms with Gasteiger partial charge in [-0.15, -0.1) is 0 Å². The molecule has 7 aromatic carbocycles. The zero-order valence-electron chi connectivity index (χ0n) is 38.6. The molecule has 3 aromatic heterocycles. The fourth-order valence-electron chi connectivity index (χ4n) is 14.0. The molecule has 326 valence electrons. The predicted molar refractivity (Wildman–Crippen MR) is 284 cm³/mol. The molecular formula is C68H42N3+3. The van der Waals surface area contributed by atoms with Crippen molar-refractivity contribution in [1.29, 1.82) is 0 Å². The van der Waals surface area contributed by atoms with Crippen molar-refractivity contribution in [1.82, 2.24) is 0 Å². The molecule has 10 aromatic rings. The maximum absolute atomic E-state index is 2.74. The second kappa shape index (κ2) is 13.6. The summed E-state index contributed by atoms with van der Waals surface area (Å²) in [5.41, 5.74) is 29.9. The average molecular weight is 901 g/mol. The SMILES string of the molecule is C1=C2c3ccccc3-c3ccc4c(c3)C(=C3c5cc6ccc5-c5cccc[n+]5C3(/C=C\1c1ccccc1-6)/C1=C\C3c5cc(ccc5-c5cccc[n+]5C23)-c2ccccc21)[n+]1c(-c2ccccc2)cccc1-4. The topological polar surface area (TPSA) is 11.6 Å². The second-order valence-corrected chi connectivity index (χ2v) is 20.1. The molecule has 1 spiro atoms. The average Bonchev–Trinajstić information content (AvgIpc) is 3.79. The Morgan fingerprint density at radius 3 is 1.77 bits per heavy atom. The summed E-state index contributed by atoms with van der Waals surface area (Å²) in [5.74, 6) is -0.0649. The van der Waals surface area contributed by atoms with Gasteiger partial charge in [0, 0.05) is 64.7 Å². The van der Waals surface area contributed by atoms with Crippen LogP contribution in [0.4, 0.5) is 0 Å². The summed E-state index contributed by atoms with van der Waals surface area (Å²) in [6.45, 7) is 0. The van der Waals surface area contributed by atoms with Crippen molar-refractivity contribution in [2.45, 2.75) is 17.5 Å². The Balaban J connectivity index is 1.20. The third-order valence-electron chi connectivity index (χ3n) is 16.9. The van der Waals surface area contributed by atoms with Gasteiger partial charge >= 0.3 is 0 Å². The maximum atomic E-state index is 2.74. The van der Waals surface area contributed by atoms with Crippen LogP contribution in [0.1, 0.15) is 45.3 Å². The van der Waals surface area contributed by atoms with Crippen LogP contribution in [0.15, 0.2) is 243 Å².